The normalized spacial score (nSPS) is 32.7. The van der Waals surface area contributed by atoms with Crippen molar-refractivity contribution >= 4 is 29.6 Å². The van der Waals surface area contributed by atoms with Crippen molar-refractivity contribution in [1.29, 1.82) is 0 Å². The number of hydrogen-bond acceptors (Lipinski definition) is 11. The van der Waals surface area contributed by atoms with E-state index in [0.717, 1.165) is 25.7 Å². The number of hydrogen-bond donors (Lipinski definition) is 3. The number of ketones is 1. The smallest absolute Gasteiger partial charge is 0.350 e. The molecule has 0 aromatic heterocycles. The summed E-state index contributed by atoms with van der Waals surface area (Å²) in [7, 11) is 0. The van der Waals surface area contributed by atoms with Gasteiger partial charge in [0.05, 0.1) is 29.8 Å². The zero-order valence-corrected chi connectivity index (χ0v) is 36.3. The third-order valence-corrected chi connectivity index (χ3v) is 14.6. The maximum absolute atomic E-state index is 15.2. The largest absolute Gasteiger partial charge is 0.455 e. The highest BCUT2D eigenvalue weighted by molar-refractivity contribution is 5.96. The molecule has 11 atom stereocenters. The molecular formula is C48H63NO11. The van der Waals surface area contributed by atoms with Gasteiger partial charge in [-0.25, -0.2) is 4.79 Å². The van der Waals surface area contributed by atoms with E-state index >= 15 is 4.79 Å². The number of aliphatic hydroxyl groups is 2. The summed E-state index contributed by atoms with van der Waals surface area (Å²) in [6.45, 7) is 14.5. The standard InChI is InChI=1S/C48H63NO11/c1-9-10-11-12-19-24-36(52)60-40(38(31-20-15-13-16-21-31)49-43(54)32-22-17-14-18-23-32)44(55)59-33-26-48(56)29(3)41-46(7)27-57-35(46)25-34(51)47(41,8)42(53)39(58-30(4)50)37(28(33)2)45(48,5)6/h13-18,20-23,29,33-35,38-41,51,56H,9-12,19,24-27H2,1-8H3,(H,49,54)/t29?,33-,34-,35+,38-,39+,40+,41?,46+,47+,48+/m0/s1. The molecule has 6 rings (SSSR count). The van der Waals surface area contributed by atoms with Crippen molar-refractivity contribution in [3.05, 3.63) is 82.9 Å². The Balaban J connectivity index is 1.44. The van der Waals surface area contributed by atoms with Crippen LogP contribution in [0.25, 0.3) is 0 Å². The molecule has 1 heterocycles. The minimum Gasteiger partial charge on any atom is -0.455 e. The van der Waals surface area contributed by atoms with E-state index in [0.29, 0.717) is 29.7 Å². The molecule has 3 N–H and O–H groups in total. The van der Waals surface area contributed by atoms with Gasteiger partial charge in [0.2, 0.25) is 6.10 Å². The van der Waals surface area contributed by atoms with Gasteiger partial charge in [0.1, 0.15) is 12.1 Å². The van der Waals surface area contributed by atoms with Crippen LogP contribution in [0.5, 0.6) is 0 Å². The molecule has 2 bridgehead atoms. The SMILES string of the molecule is CCCCCCCC(=O)O[C@@H](C(=O)O[C@H]1C[C@@]2(O)C(C)C3[C@]4(C)CO[C@@H]4C[C@H](O)[C@@]3(C)C(=O)[C@H](OC(C)=O)C(=C1C)C2(C)C)[C@@H](NC(=O)c1ccccc1)c1ccccc1. The van der Waals surface area contributed by atoms with Gasteiger partial charge in [-0.3, -0.25) is 19.2 Å². The minimum absolute atomic E-state index is 0.0429. The Morgan fingerprint density at radius 3 is 2.17 bits per heavy atom. The number of carbonyl (C=O) groups is 5. The van der Waals surface area contributed by atoms with Gasteiger partial charge in [-0.15, -0.1) is 0 Å². The molecule has 4 aliphatic rings. The van der Waals surface area contributed by atoms with Crippen molar-refractivity contribution < 1.29 is 53.1 Å². The molecule has 1 saturated heterocycles. The first-order valence-corrected chi connectivity index (χ1v) is 21.6. The molecule has 0 radical (unpaired) electrons. The number of aliphatic hydroxyl groups excluding tert-OH is 1. The topological polar surface area (TPSA) is 175 Å². The second-order valence-electron chi connectivity index (χ2n) is 18.5. The number of carbonyl (C=O) groups excluding carboxylic acids is 5. The summed E-state index contributed by atoms with van der Waals surface area (Å²) in [4.78, 5) is 70.3. The first-order chi connectivity index (χ1) is 28.3. The summed E-state index contributed by atoms with van der Waals surface area (Å²) < 4.78 is 24.3. The fourth-order valence-electron chi connectivity index (χ4n) is 11.2. The van der Waals surface area contributed by atoms with E-state index in [4.69, 9.17) is 18.9 Å². The summed E-state index contributed by atoms with van der Waals surface area (Å²) in [6, 6.07) is 16.0. The summed E-state index contributed by atoms with van der Waals surface area (Å²) in [5.41, 5.74) is -3.50. The van der Waals surface area contributed by atoms with E-state index in [9.17, 15) is 29.4 Å². The molecule has 2 aromatic carbocycles. The molecule has 0 spiro atoms. The number of unbranched alkanes of at least 4 members (excludes halogenated alkanes) is 4. The zero-order valence-electron chi connectivity index (χ0n) is 36.3. The summed E-state index contributed by atoms with van der Waals surface area (Å²) in [5.74, 6) is -4.67. The number of ether oxygens (including phenoxy) is 4. The van der Waals surface area contributed by atoms with Gasteiger partial charge < -0.3 is 34.5 Å². The van der Waals surface area contributed by atoms with Crippen LogP contribution in [0.4, 0.5) is 0 Å². The van der Waals surface area contributed by atoms with Crippen LogP contribution in [0.1, 0.15) is 129 Å². The van der Waals surface area contributed by atoms with Gasteiger partial charge in [0, 0.05) is 42.6 Å². The van der Waals surface area contributed by atoms with Gasteiger partial charge in [-0.1, -0.05) is 109 Å². The second-order valence-corrected chi connectivity index (χ2v) is 18.5. The number of rotatable bonds is 14. The maximum Gasteiger partial charge on any atom is 0.350 e. The predicted molar refractivity (Wildman–Crippen MR) is 222 cm³/mol. The lowest BCUT2D eigenvalue weighted by Crippen LogP contribution is -2.75. The first-order valence-electron chi connectivity index (χ1n) is 21.6. The quantitative estimate of drug-likeness (QED) is 0.0794. The summed E-state index contributed by atoms with van der Waals surface area (Å²) in [5, 5.41) is 28.1. The molecule has 2 aromatic rings. The lowest BCUT2D eigenvalue weighted by atomic mass is 9.40. The number of Topliss-reactive ketones (excluding diaryl/α,β-unsaturated/α-hetero) is 1. The van der Waals surface area contributed by atoms with Crippen LogP contribution in [0, 0.1) is 28.1 Å². The molecule has 3 fully saturated rings. The fourth-order valence-corrected chi connectivity index (χ4v) is 11.2. The molecule has 3 aliphatic carbocycles. The van der Waals surface area contributed by atoms with Crippen molar-refractivity contribution in [1.82, 2.24) is 5.32 Å². The number of amides is 1. The molecule has 326 valence electrons. The summed E-state index contributed by atoms with van der Waals surface area (Å²) in [6.07, 6.45) is -1.41. The van der Waals surface area contributed by atoms with Crippen LogP contribution in [0.3, 0.4) is 0 Å². The highest BCUT2D eigenvalue weighted by Gasteiger charge is 2.73. The second kappa shape index (κ2) is 17.5. The molecule has 2 unspecified atom stereocenters. The first kappa shape index (κ1) is 45.1. The third-order valence-electron chi connectivity index (χ3n) is 14.6. The maximum atomic E-state index is 15.2. The Labute approximate surface area is 353 Å². The lowest BCUT2D eigenvalue weighted by Gasteiger charge is -2.68. The Hall–Kier alpha value is -4.39. The Kier molecular flexibility index (Phi) is 13.2. The molecule has 2 saturated carbocycles. The molecule has 1 aliphatic heterocycles. The van der Waals surface area contributed by atoms with E-state index in [2.05, 4.69) is 12.2 Å². The van der Waals surface area contributed by atoms with E-state index in [-0.39, 0.29) is 30.9 Å². The molecular weight excluding hydrogens is 767 g/mol. The molecule has 12 nitrogen and oxygen atoms in total. The van der Waals surface area contributed by atoms with Gasteiger partial charge in [0.25, 0.3) is 5.91 Å². The van der Waals surface area contributed by atoms with Crippen LogP contribution < -0.4 is 5.32 Å². The van der Waals surface area contributed by atoms with Crippen LogP contribution in [-0.4, -0.2) is 82.5 Å². The average molecular weight is 830 g/mol. The number of fused-ring (bicyclic) bond motifs is 5. The van der Waals surface area contributed by atoms with E-state index in [1.165, 1.54) is 6.92 Å². The molecule has 60 heavy (non-hydrogen) atoms. The third kappa shape index (κ3) is 7.95. The van der Waals surface area contributed by atoms with Crippen LogP contribution >= 0.6 is 0 Å². The highest BCUT2D eigenvalue weighted by atomic mass is 16.6. The Morgan fingerprint density at radius 2 is 1.57 bits per heavy atom. The van der Waals surface area contributed by atoms with Crippen molar-refractivity contribution in [3.8, 4) is 0 Å². The number of nitrogens with one attached hydrogen (secondary N) is 1. The van der Waals surface area contributed by atoms with Gasteiger partial charge in [-0.2, -0.15) is 0 Å². The monoisotopic (exact) mass is 829 g/mol. The van der Waals surface area contributed by atoms with E-state index in [1.54, 1.807) is 88.4 Å². The molecule has 1 amide bonds. The van der Waals surface area contributed by atoms with Crippen LogP contribution in [0.15, 0.2) is 71.8 Å². The van der Waals surface area contributed by atoms with Gasteiger partial charge in [0.15, 0.2) is 11.9 Å². The van der Waals surface area contributed by atoms with Crippen molar-refractivity contribution in [2.24, 2.45) is 28.1 Å². The zero-order chi connectivity index (χ0) is 43.8. The highest BCUT2D eigenvalue weighted by Crippen LogP contribution is 2.67. The lowest BCUT2D eigenvalue weighted by molar-refractivity contribution is -0.302. The van der Waals surface area contributed by atoms with Crippen LogP contribution in [-0.2, 0) is 38.1 Å². The fraction of sp³-hybridized carbons (Fsp3) is 0.604. The molecule has 12 heteroatoms. The average Bonchev–Trinajstić information content (AvgIpc) is 3.21. The summed E-state index contributed by atoms with van der Waals surface area (Å²) >= 11 is 0. The van der Waals surface area contributed by atoms with E-state index < -0.39 is 93.7 Å². The van der Waals surface area contributed by atoms with Gasteiger partial charge in [-0.05, 0) is 60.9 Å². The van der Waals surface area contributed by atoms with Crippen molar-refractivity contribution in [3.63, 3.8) is 0 Å². The Bertz CT molecular complexity index is 1960. The van der Waals surface area contributed by atoms with Crippen molar-refractivity contribution in [2.75, 3.05) is 6.61 Å². The minimum atomic E-state index is -1.71. The van der Waals surface area contributed by atoms with Crippen LogP contribution in [0.2, 0.25) is 0 Å². The Morgan fingerprint density at radius 1 is 0.933 bits per heavy atom. The van der Waals surface area contributed by atoms with Gasteiger partial charge >= 0.3 is 17.9 Å². The predicted octanol–water partition coefficient (Wildman–Crippen LogP) is 6.76. The van der Waals surface area contributed by atoms with Crippen molar-refractivity contribution in [2.45, 2.75) is 149 Å². The van der Waals surface area contributed by atoms with E-state index in [1.807, 2.05) is 13.8 Å². The number of benzene rings is 2. The number of esters is 3.